The highest BCUT2D eigenvalue weighted by Crippen LogP contribution is 2.27. The van der Waals surface area contributed by atoms with Gasteiger partial charge in [-0.05, 0) is 47.8 Å². The molecule has 0 spiro atoms. The summed E-state index contributed by atoms with van der Waals surface area (Å²) in [5.41, 5.74) is 1.74. The topological polar surface area (TPSA) is 68.8 Å². The van der Waals surface area contributed by atoms with E-state index in [9.17, 15) is 4.79 Å². The molecular formula is C17H20N2O4S2. The van der Waals surface area contributed by atoms with E-state index in [0.717, 1.165) is 12.0 Å². The van der Waals surface area contributed by atoms with Crippen molar-refractivity contribution < 1.29 is 19.0 Å². The molecule has 0 saturated heterocycles. The summed E-state index contributed by atoms with van der Waals surface area (Å²) in [5.74, 6) is 1.01. The number of anilines is 1. The predicted octanol–water partition coefficient (Wildman–Crippen LogP) is 3.08. The average molecular weight is 380 g/mol. The molecule has 0 saturated carbocycles. The minimum absolute atomic E-state index is 0.384. The quantitative estimate of drug-likeness (QED) is 0.565. The van der Waals surface area contributed by atoms with Crippen LogP contribution >= 0.6 is 23.6 Å². The van der Waals surface area contributed by atoms with E-state index in [1.807, 2.05) is 18.2 Å². The zero-order chi connectivity index (χ0) is 18.2. The molecule has 1 aromatic carbocycles. The number of rotatable bonds is 7. The summed E-state index contributed by atoms with van der Waals surface area (Å²) in [4.78, 5) is 12.1. The summed E-state index contributed by atoms with van der Waals surface area (Å²) in [7, 11) is 4.57. The van der Waals surface area contributed by atoms with E-state index < -0.39 is 0 Å². The Bertz CT molecular complexity index is 746. The molecular weight excluding hydrogens is 360 g/mol. The second-order valence-corrected chi connectivity index (χ2v) is 6.30. The van der Waals surface area contributed by atoms with Crippen LogP contribution in [-0.2, 0) is 11.2 Å². The molecule has 0 aliphatic carbocycles. The zero-order valence-electron chi connectivity index (χ0n) is 14.3. The molecule has 2 rings (SSSR count). The molecule has 6 nitrogen and oxygen atoms in total. The molecule has 0 aliphatic heterocycles. The molecule has 0 unspecified atom stereocenters. The van der Waals surface area contributed by atoms with E-state index in [1.54, 1.807) is 25.7 Å². The lowest BCUT2D eigenvalue weighted by atomic mass is 10.1. The van der Waals surface area contributed by atoms with Gasteiger partial charge in [0, 0.05) is 6.54 Å². The third-order valence-electron chi connectivity index (χ3n) is 3.43. The van der Waals surface area contributed by atoms with Crippen LogP contribution in [0.15, 0.2) is 29.6 Å². The van der Waals surface area contributed by atoms with Crippen LogP contribution in [0, 0.1) is 0 Å². The maximum Gasteiger partial charge on any atom is 0.350 e. The van der Waals surface area contributed by atoms with Gasteiger partial charge in [0.2, 0.25) is 0 Å². The first-order valence-corrected chi connectivity index (χ1v) is 8.79. The number of esters is 1. The molecule has 0 aliphatic rings. The van der Waals surface area contributed by atoms with Crippen molar-refractivity contribution in [2.24, 2.45) is 0 Å². The van der Waals surface area contributed by atoms with Crippen molar-refractivity contribution in [3.8, 4) is 11.5 Å². The van der Waals surface area contributed by atoms with Crippen molar-refractivity contribution in [1.29, 1.82) is 0 Å². The summed E-state index contributed by atoms with van der Waals surface area (Å²) in [6, 6.07) is 7.58. The largest absolute Gasteiger partial charge is 0.493 e. The minimum atomic E-state index is -0.384. The molecule has 25 heavy (non-hydrogen) atoms. The van der Waals surface area contributed by atoms with Crippen LogP contribution < -0.4 is 20.1 Å². The van der Waals surface area contributed by atoms with Crippen molar-refractivity contribution in [1.82, 2.24) is 5.32 Å². The van der Waals surface area contributed by atoms with E-state index >= 15 is 0 Å². The lowest BCUT2D eigenvalue weighted by Gasteiger charge is -2.12. The van der Waals surface area contributed by atoms with Gasteiger partial charge < -0.3 is 24.8 Å². The van der Waals surface area contributed by atoms with Crippen molar-refractivity contribution in [2.75, 3.05) is 33.2 Å². The fourth-order valence-corrected chi connectivity index (χ4v) is 3.16. The number of thiocarbonyl (C=S) groups is 1. The van der Waals surface area contributed by atoms with Gasteiger partial charge in [-0.3, -0.25) is 0 Å². The fraction of sp³-hybridized carbons (Fsp3) is 0.294. The molecule has 0 radical (unpaired) electrons. The van der Waals surface area contributed by atoms with Crippen LogP contribution in [0.5, 0.6) is 11.5 Å². The van der Waals surface area contributed by atoms with Crippen LogP contribution in [0.2, 0.25) is 0 Å². The van der Waals surface area contributed by atoms with Gasteiger partial charge >= 0.3 is 5.97 Å². The Morgan fingerprint density at radius 1 is 1.16 bits per heavy atom. The third-order valence-corrected chi connectivity index (χ3v) is 4.57. The third kappa shape index (κ3) is 5.07. The monoisotopic (exact) mass is 380 g/mol. The fourth-order valence-electron chi connectivity index (χ4n) is 2.18. The maximum atomic E-state index is 11.7. The first-order valence-electron chi connectivity index (χ1n) is 7.50. The van der Waals surface area contributed by atoms with E-state index in [1.165, 1.54) is 18.4 Å². The van der Waals surface area contributed by atoms with E-state index in [-0.39, 0.29) is 5.97 Å². The summed E-state index contributed by atoms with van der Waals surface area (Å²) in [6.45, 7) is 0.638. The molecule has 1 heterocycles. The van der Waals surface area contributed by atoms with Crippen LogP contribution in [0.25, 0.3) is 0 Å². The SMILES string of the molecule is COC(=O)c1sccc1NC(=S)NCCc1ccc(OC)c(OC)c1. The van der Waals surface area contributed by atoms with Crippen molar-refractivity contribution in [2.45, 2.75) is 6.42 Å². The molecule has 0 bridgehead atoms. The normalized spacial score (nSPS) is 10.0. The number of nitrogens with one attached hydrogen (secondary N) is 2. The number of hydrogen-bond donors (Lipinski definition) is 2. The molecule has 1 aromatic heterocycles. The van der Waals surface area contributed by atoms with Crippen LogP contribution in [0.3, 0.4) is 0 Å². The van der Waals surface area contributed by atoms with E-state index in [2.05, 4.69) is 10.6 Å². The second-order valence-electron chi connectivity index (χ2n) is 4.98. The standard InChI is InChI=1S/C17H20N2O4S2/c1-21-13-5-4-11(10-14(13)22-2)6-8-18-17(24)19-12-7-9-25-15(12)16(20)23-3/h4-5,7,9-10H,6,8H2,1-3H3,(H2,18,19,24). The maximum absolute atomic E-state index is 11.7. The van der Waals surface area contributed by atoms with Gasteiger partial charge in [-0.1, -0.05) is 6.07 Å². The molecule has 8 heteroatoms. The van der Waals surface area contributed by atoms with Gasteiger partial charge in [-0.15, -0.1) is 11.3 Å². The number of carbonyl (C=O) groups excluding carboxylic acids is 1. The predicted molar refractivity (Wildman–Crippen MR) is 103 cm³/mol. The van der Waals surface area contributed by atoms with Gasteiger partial charge in [0.1, 0.15) is 4.88 Å². The Labute approximate surface area is 156 Å². The number of hydrogen-bond acceptors (Lipinski definition) is 6. The zero-order valence-corrected chi connectivity index (χ0v) is 15.9. The van der Waals surface area contributed by atoms with Gasteiger partial charge in [-0.25, -0.2) is 4.79 Å². The summed E-state index contributed by atoms with van der Waals surface area (Å²) >= 11 is 6.58. The first-order chi connectivity index (χ1) is 12.1. The number of benzene rings is 1. The number of thiophene rings is 1. The Kier molecular flexibility index (Phi) is 7.03. The first kappa shape index (κ1) is 19.0. The van der Waals surface area contributed by atoms with Crippen molar-refractivity contribution in [3.05, 3.63) is 40.1 Å². The van der Waals surface area contributed by atoms with Gasteiger partial charge in [0.15, 0.2) is 16.6 Å². The second kappa shape index (κ2) is 9.24. The Morgan fingerprint density at radius 2 is 1.92 bits per heavy atom. The van der Waals surface area contributed by atoms with Crippen LogP contribution in [0.1, 0.15) is 15.2 Å². The number of carbonyl (C=O) groups is 1. The van der Waals surface area contributed by atoms with Gasteiger partial charge in [0.25, 0.3) is 0 Å². The summed E-state index contributed by atoms with van der Waals surface area (Å²) in [6.07, 6.45) is 0.760. The van der Waals surface area contributed by atoms with Crippen molar-refractivity contribution >= 4 is 40.3 Å². The smallest absolute Gasteiger partial charge is 0.350 e. The highest BCUT2D eigenvalue weighted by molar-refractivity contribution is 7.80. The summed E-state index contributed by atoms with van der Waals surface area (Å²) < 4.78 is 15.3. The Balaban J connectivity index is 1.87. The lowest BCUT2D eigenvalue weighted by Crippen LogP contribution is -2.30. The van der Waals surface area contributed by atoms with Crippen LogP contribution in [0.4, 0.5) is 5.69 Å². The highest BCUT2D eigenvalue weighted by atomic mass is 32.1. The van der Waals surface area contributed by atoms with Crippen LogP contribution in [-0.4, -0.2) is 39.0 Å². The lowest BCUT2D eigenvalue weighted by molar-refractivity contribution is 0.0607. The molecule has 2 aromatic rings. The van der Waals surface area contributed by atoms with E-state index in [0.29, 0.717) is 33.7 Å². The van der Waals surface area contributed by atoms with Gasteiger partial charge in [-0.2, -0.15) is 0 Å². The van der Waals surface area contributed by atoms with Crippen molar-refractivity contribution in [3.63, 3.8) is 0 Å². The Morgan fingerprint density at radius 3 is 2.60 bits per heavy atom. The molecule has 134 valence electrons. The molecule has 0 fully saturated rings. The van der Waals surface area contributed by atoms with E-state index in [4.69, 9.17) is 26.4 Å². The average Bonchev–Trinajstić information content (AvgIpc) is 3.08. The number of methoxy groups -OCH3 is 3. The van der Waals surface area contributed by atoms with Gasteiger partial charge in [0.05, 0.1) is 27.0 Å². The molecule has 0 atom stereocenters. The minimum Gasteiger partial charge on any atom is -0.493 e. The molecule has 2 N–H and O–H groups in total. The highest BCUT2D eigenvalue weighted by Gasteiger charge is 2.14. The molecule has 0 amide bonds. The number of ether oxygens (including phenoxy) is 3. The Hall–Kier alpha value is -2.32. The summed E-state index contributed by atoms with van der Waals surface area (Å²) in [5, 5.41) is 8.39.